The molecule has 5 heteroatoms. The lowest BCUT2D eigenvalue weighted by atomic mass is 9.96. The van der Waals surface area contributed by atoms with Gasteiger partial charge in [0.25, 0.3) is 0 Å². The van der Waals surface area contributed by atoms with Crippen molar-refractivity contribution >= 4 is 27.5 Å². The van der Waals surface area contributed by atoms with Gasteiger partial charge in [0, 0.05) is 5.92 Å². The Labute approximate surface area is 186 Å². The van der Waals surface area contributed by atoms with Crippen molar-refractivity contribution < 1.29 is 14.3 Å². The van der Waals surface area contributed by atoms with Crippen molar-refractivity contribution in [2.45, 2.75) is 32.3 Å². The first-order valence-corrected chi connectivity index (χ1v) is 11.3. The summed E-state index contributed by atoms with van der Waals surface area (Å²) < 4.78 is 12.2. The maximum atomic E-state index is 12.2. The standard InChI is InChI=1S/C26H25NO3S/c1-2-29-25(28)17-21(26-27-23-10-6-7-11-24(23)31-26)16-19-12-14-22(15-13-19)30-18-20-8-4-3-5-9-20/h3-15,21H,2,16-18H2,1H3. The molecular formula is C26H25NO3S. The number of aromatic nitrogens is 1. The second-order valence-corrected chi connectivity index (χ2v) is 8.41. The van der Waals surface area contributed by atoms with Crippen LogP contribution in [0.2, 0.25) is 0 Å². The molecule has 3 aromatic carbocycles. The highest BCUT2D eigenvalue weighted by Crippen LogP contribution is 2.32. The van der Waals surface area contributed by atoms with Crippen LogP contribution in [-0.4, -0.2) is 17.6 Å². The lowest BCUT2D eigenvalue weighted by Gasteiger charge is -2.14. The normalized spacial score (nSPS) is 11.9. The maximum Gasteiger partial charge on any atom is 0.306 e. The summed E-state index contributed by atoms with van der Waals surface area (Å²) >= 11 is 1.65. The molecule has 0 saturated heterocycles. The van der Waals surface area contributed by atoms with Crippen molar-refractivity contribution in [1.29, 1.82) is 0 Å². The van der Waals surface area contributed by atoms with Gasteiger partial charge in [-0.2, -0.15) is 0 Å². The number of esters is 1. The van der Waals surface area contributed by atoms with Gasteiger partial charge in [0.15, 0.2) is 0 Å². The molecule has 0 fully saturated rings. The predicted octanol–water partition coefficient (Wildman–Crippen LogP) is 6.15. The molecule has 0 N–H and O–H groups in total. The smallest absolute Gasteiger partial charge is 0.306 e. The predicted molar refractivity (Wildman–Crippen MR) is 125 cm³/mol. The summed E-state index contributed by atoms with van der Waals surface area (Å²) in [7, 11) is 0. The Hall–Kier alpha value is -3.18. The summed E-state index contributed by atoms with van der Waals surface area (Å²) in [5.74, 6) is 0.622. The Bertz CT molecular complexity index is 1090. The molecule has 4 nitrogen and oxygen atoms in total. The summed E-state index contributed by atoms with van der Waals surface area (Å²) in [4.78, 5) is 17.0. The van der Waals surface area contributed by atoms with Gasteiger partial charge in [-0.1, -0.05) is 54.6 Å². The van der Waals surface area contributed by atoms with Gasteiger partial charge in [-0.25, -0.2) is 4.98 Å². The van der Waals surface area contributed by atoms with Crippen LogP contribution in [0.4, 0.5) is 0 Å². The van der Waals surface area contributed by atoms with Gasteiger partial charge >= 0.3 is 5.97 Å². The summed E-state index contributed by atoms with van der Waals surface area (Å²) in [6.45, 7) is 2.76. The van der Waals surface area contributed by atoms with Crippen LogP contribution in [0, 0.1) is 0 Å². The lowest BCUT2D eigenvalue weighted by molar-refractivity contribution is -0.143. The van der Waals surface area contributed by atoms with E-state index in [1.54, 1.807) is 11.3 Å². The van der Waals surface area contributed by atoms with Gasteiger partial charge in [0.1, 0.15) is 12.4 Å². The molecule has 0 radical (unpaired) electrons. The molecule has 1 heterocycles. The van der Waals surface area contributed by atoms with Crippen molar-refractivity contribution in [2.75, 3.05) is 6.61 Å². The first-order valence-electron chi connectivity index (χ1n) is 10.5. The molecule has 0 aliphatic carbocycles. The Morgan fingerprint density at radius 3 is 2.42 bits per heavy atom. The van der Waals surface area contributed by atoms with E-state index in [4.69, 9.17) is 14.5 Å². The zero-order valence-electron chi connectivity index (χ0n) is 17.5. The fourth-order valence-corrected chi connectivity index (χ4v) is 4.55. The molecule has 1 unspecified atom stereocenters. The van der Waals surface area contributed by atoms with E-state index in [1.807, 2.05) is 67.6 Å². The third kappa shape index (κ3) is 5.70. The van der Waals surface area contributed by atoms with Gasteiger partial charge in [0.2, 0.25) is 0 Å². The van der Waals surface area contributed by atoms with Crippen molar-refractivity contribution in [2.24, 2.45) is 0 Å². The quantitative estimate of drug-likeness (QED) is 0.298. The third-order valence-electron chi connectivity index (χ3n) is 5.03. The topological polar surface area (TPSA) is 48.4 Å². The van der Waals surface area contributed by atoms with Crippen molar-refractivity contribution in [3.8, 4) is 5.75 Å². The molecular weight excluding hydrogens is 406 g/mol. The summed E-state index contributed by atoms with van der Waals surface area (Å²) in [6, 6.07) is 26.3. The molecule has 0 spiro atoms. The molecule has 1 aromatic heterocycles. The Balaban J connectivity index is 1.47. The van der Waals surface area contributed by atoms with Crippen LogP contribution in [0.15, 0.2) is 78.9 Å². The SMILES string of the molecule is CCOC(=O)CC(Cc1ccc(OCc2ccccc2)cc1)c1nc2ccccc2s1. The number of carbonyl (C=O) groups is 1. The fourth-order valence-electron chi connectivity index (χ4n) is 3.48. The van der Waals surface area contributed by atoms with Crippen molar-refractivity contribution in [3.05, 3.63) is 95.0 Å². The number of carbonyl (C=O) groups excluding carboxylic acids is 1. The number of thiazole rings is 1. The van der Waals surface area contributed by atoms with E-state index in [0.717, 1.165) is 38.5 Å². The van der Waals surface area contributed by atoms with Crippen LogP contribution in [0.25, 0.3) is 10.2 Å². The largest absolute Gasteiger partial charge is 0.489 e. The fraction of sp³-hybridized carbons (Fsp3) is 0.231. The van der Waals surface area contributed by atoms with Gasteiger partial charge in [-0.05, 0) is 48.7 Å². The van der Waals surface area contributed by atoms with E-state index >= 15 is 0 Å². The maximum absolute atomic E-state index is 12.2. The zero-order valence-corrected chi connectivity index (χ0v) is 18.3. The van der Waals surface area contributed by atoms with Crippen molar-refractivity contribution in [3.63, 3.8) is 0 Å². The number of nitrogens with zero attached hydrogens (tertiary/aromatic N) is 1. The summed E-state index contributed by atoms with van der Waals surface area (Å²) in [6.07, 6.45) is 1.04. The van der Waals surface area contributed by atoms with Crippen LogP contribution in [0.5, 0.6) is 5.75 Å². The van der Waals surface area contributed by atoms with E-state index in [9.17, 15) is 4.79 Å². The minimum absolute atomic E-state index is 0.0208. The first kappa shape index (κ1) is 21.1. The van der Waals surface area contributed by atoms with E-state index < -0.39 is 0 Å². The average Bonchev–Trinajstić information content (AvgIpc) is 3.23. The Kier molecular flexibility index (Phi) is 6.95. The van der Waals surface area contributed by atoms with Crippen LogP contribution >= 0.6 is 11.3 Å². The van der Waals surface area contributed by atoms with E-state index in [0.29, 0.717) is 19.6 Å². The average molecular weight is 432 g/mol. The Morgan fingerprint density at radius 1 is 0.935 bits per heavy atom. The molecule has 4 aromatic rings. The monoisotopic (exact) mass is 431 g/mol. The summed E-state index contributed by atoms with van der Waals surface area (Å²) in [5, 5.41) is 0.971. The molecule has 0 amide bonds. The van der Waals surface area contributed by atoms with E-state index in [-0.39, 0.29) is 11.9 Å². The number of hydrogen-bond acceptors (Lipinski definition) is 5. The second kappa shape index (κ2) is 10.2. The van der Waals surface area contributed by atoms with Gasteiger partial charge in [-0.3, -0.25) is 4.79 Å². The molecule has 0 aliphatic heterocycles. The highest BCUT2D eigenvalue weighted by Gasteiger charge is 2.21. The minimum Gasteiger partial charge on any atom is -0.489 e. The number of para-hydroxylation sites is 1. The molecule has 1 atom stereocenters. The second-order valence-electron chi connectivity index (χ2n) is 7.35. The molecule has 0 saturated carbocycles. The third-order valence-corrected chi connectivity index (χ3v) is 6.23. The van der Waals surface area contributed by atoms with Gasteiger partial charge < -0.3 is 9.47 Å². The van der Waals surface area contributed by atoms with Crippen LogP contribution in [-0.2, 0) is 22.6 Å². The number of rotatable bonds is 9. The molecule has 4 rings (SSSR count). The first-order chi connectivity index (χ1) is 15.2. The van der Waals surface area contributed by atoms with Crippen LogP contribution in [0.3, 0.4) is 0 Å². The van der Waals surface area contributed by atoms with Crippen molar-refractivity contribution in [1.82, 2.24) is 4.98 Å². The number of fused-ring (bicyclic) bond motifs is 1. The van der Waals surface area contributed by atoms with Gasteiger partial charge in [-0.15, -0.1) is 11.3 Å². The number of benzene rings is 3. The number of hydrogen-bond donors (Lipinski definition) is 0. The Morgan fingerprint density at radius 2 is 1.68 bits per heavy atom. The van der Waals surface area contributed by atoms with Crippen LogP contribution < -0.4 is 4.74 Å². The molecule has 0 bridgehead atoms. The zero-order chi connectivity index (χ0) is 21.5. The summed E-state index contributed by atoms with van der Waals surface area (Å²) in [5.41, 5.74) is 3.25. The molecule has 31 heavy (non-hydrogen) atoms. The molecule has 158 valence electrons. The number of ether oxygens (including phenoxy) is 2. The molecule has 0 aliphatic rings. The highest BCUT2D eigenvalue weighted by molar-refractivity contribution is 7.18. The highest BCUT2D eigenvalue weighted by atomic mass is 32.1. The van der Waals surface area contributed by atoms with E-state index in [2.05, 4.69) is 18.2 Å². The minimum atomic E-state index is -0.186. The van der Waals surface area contributed by atoms with Crippen LogP contribution in [0.1, 0.15) is 35.4 Å². The van der Waals surface area contributed by atoms with Gasteiger partial charge in [0.05, 0.1) is 28.3 Å². The lowest BCUT2D eigenvalue weighted by Crippen LogP contribution is -2.12. The van der Waals surface area contributed by atoms with E-state index in [1.165, 1.54) is 0 Å².